The minimum absolute atomic E-state index is 0.668. The lowest BCUT2D eigenvalue weighted by Crippen LogP contribution is -3.13. The van der Waals surface area contributed by atoms with Gasteiger partial charge in [0.2, 0.25) is 0 Å². The van der Waals surface area contributed by atoms with Crippen molar-refractivity contribution in [2.75, 3.05) is 19.6 Å². The Morgan fingerprint density at radius 3 is 2.14 bits per heavy atom. The number of benzene rings is 2. The van der Waals surface area contributed by atoms with E-state index in [1.54, 1.807) is 4.90 Å². The molecule has 0 radical (unpaired) electrons. The topological polar surface area (TPSA) is 4.44 Å². The Kier molecular flexibility index (Phi) is 5.29. The minimum Gasteiger partial charge on any atom is -0.334 e. The van der Waals surface area contributed by atoms with E-state index in [9.17, 15) is 0 Å². The van der Waals surface area contributed by atoms with Gasteiger partial charge >= 0.3 is 0 Å². The highest BCUT2D eigenvalue weighted by Crippen LogP contribution is 2.17. The molecule has 0 saturated carbocycles. The molecule has 0 unspecified atom stereocenters. The normalized spacial score (nSPS) is 23.1. The quantitative estimate of drug-likeness (QED) is 0.863. The van der Waals surface area contributed by atoms with Gasteiger partial charge in [0, 0.05) is 5.92 Å². The van der Waals surface area contributed by atoms with Crippen LogP contribution < -0.4 is 4.90 Å². The zero-order valence-electron chi connectivity index (χ0n) is 13.7. The third-order valence-corrected chi connectivity index (χ3v) is 5.14. The van der Waals surface area contributed by atoms with Crippen LogP contribution >= 0.6 is 0 Å². The summed E-state index contributed by atoms with van der Waals surface area (Å²) in [4.78, 5) is 1.79. The van der Waals surface area contributed by atoms with Gasteiger partial charge in [-0.05, 0) is 36.3 Å². The summed E-state index contributed by atoms with van der Waals surface area (Å²) in [6, 6.07) is 22.0. The second-order valence-electron chi connectivity index (χ2n) is 6.90. The molecule has 1 saturated heterocycles. The molecule has 2 aromatic carbocycles. The van der Waals surface area contributed by atoms with Gasteiger partial charge in [-0.25, -0.2) is 0 Å². The Hall–Kier alpha value is -1.60. The van der Waals surface area contributed by atoms with E-state index < -0.39 is 0 Å². The van der Waals surface area contributed by atoms with Gasteiger partial charge in [0.25, 0.3) is 0 Å². The number of hydrogen-bond acceptors (Lipinski definition) is 0. The summed E-state index contributed by atoms with van der Waals surface area (Å²) in [5, 5.41) is 0. The van der Waals surface area contributed by atoms with Crippen LogP contribution in [-0.2, 0) is 6.42 Å². The second-order valence-corrected chi connectivity index (χ2v) is 6.90. The third kappa shape index (κ3) is 4.20. The highest BCUT2D eigenvalue weighted by atomic mass is 15.1. The second kappa shape index (κ2) is 7.60. The van der Waals surface area contributed by atoms with Crippen LogP contribution in [0.2, 0.25) is 0 Å². The maximum absolute atomic E-state index is 2.37. The van der Waals surface area contributed by atoms with Crippen LogP contribution in [0, 0.1) is 5.92 Å². The van der Waals surface area contributed by atoms with E-state index >= 15 is 0 Å². The van der Waals surface area contributed by atoms with Crippen LogP contribution in [0.3, 0.4) is 0 Å². The van der Waals surface area contributed by atoms with Crippen molar-refractivity contribution in [3.63, 3.8) is 0 Å². The first-order valence-corrected chi connectivity index (χ1v) is 8.73. The van der Waals surface area contributed by atoms with Crippen molar-refractivity contribution >= 4 is 0 Å². The molecule has 1 heterocycles. The van der Waals surface area contributed by atoms with Gasteiger partial charge in [-0.2, -0.15) is 0 Å². The highest BCUT2D eigenvalue weighted by Gasteiger charge is 2.23. The van der Waals surface area contributed by atoms with Gasteiger partial charge in [-0.15, -0.1) is 0 Å². The molecule has 2 aromatic rings. The maximum atomic E-state index is 2.37. The van der Waals surface area contributed by atoms with Gasteiger partial charge in [0.15, 0.2) is 0 Å². The predicted molar refractivity (Wildman–Crippen MR) is 93.3 cm³/mol. The van der Waals surface area contributed by atoms with E-state index in [1.165, 1.54) is 50.0 Å². The predicted octanol–water partition coefficient (Wildman–Crippen LogP) is 3.33. The molecule has 0 spiro atoms. The first kappa shape index (κ1) is 15.3. The van der Waals surface area contributed by atoms with Crippen molar-refractivity contribution in [3.05, 3.63) is 71.8 Å². The fourth-order valence-corrected chi connectivity index (χ4v) is 3.77. The van der Waals surface area contributed by atoms with Crippen LogP contribution in [-0.4, -0.2) is 19.6 Å². The van der Waals surface area contributed by atoms with Gasteiger partial charge in [-0.3, -0.25) is 0 Å². The highest BCUT2D eigenvalue weighted by molar-refractivity contribution is 5.18. The molecule has 3 rings (SSSR count). The SMILES string of the molecule is C[C@H](C[NH+]1CCC(Cc2ccccc2)CC1)c1ccccc1. The molecule has 0 aromatic heterocycles. The number of rotatable bonds is 5. The molecule has 22 heavy (non-hydrogen) atoms. The summed E-state index contributed by atoms with van der Waals surface area (Å²) >= 11 is 0. The summed E-state index contributed by atoms with van der Waals surface area (Å²) in [5.74, 6) is 1.56. The Labute approximate surface area is 135 Å². The van der Waals surface area contributed by atoms with E-state index in [0.717, 1.165) is 5.92 Å². The van der Waals surface area contributed by atoms with Crippen LogP contribution in [0.25, 0.3) is 0 Å². The summed E-state index contributed by atoms with van der Waals surface area (Å²) in [7, 11) is 0. The average Bonchev–Trinajstić information content (AvgIpc) is 2.58. The summed E-state index contributed by atoms with van der Waals surface area (Å²) < 4.78 is 0. The Balaban J connectivity index is 1.46. The molecule has 1 nitrogen and oxygen atoms in total. The number of likely N-dealkylation sites (tertiary alicyclic amines) is 1. The van der Waals surface area contributed by atoms with E-state index in [0.29, 0.717) is 5.92 Å². The standard InChI is InChI=1S/C21H27N/c1-18(21-10-6-3-7-11-21)17-22-14-12-20(13-15-22)16-19-8-4-2-5-9-19/h2-11,18,20H,12-17H2,1H3/p+1/t18-/m1/s1. The largest absolute Gasteiger partial charge is 0.334 e. The lowest BCUT2D eigenvalue weighted by atomic mass is 9.89. The van der Waals surface area contributed by atoms with Crippen molar-refractivity contribution in [1.29, 1.82) is 0 Å². The fraction of sp³-hybridized carbons (Fsp3) is 0.429. The van der Waals surface area contributed by atoms with Crippen LogP contribution in [0.4, 0.5) is 0 Å². The van der Waals surface area contributed by atoms with Crippen LogP contribution in [0.15, 0.2) is 60.7 Å². The fourth-order valence-electron chi connectivity index (χ4n) is 3.77. The van der Waals surface area contributed by atoms with Crippen molar-refractivity contribution in [1.82, 2.24) is 0 Å². The molecule has 1 heteroatoms. The van der Waals surface area contributed by atoms with Crippen molar-refractivity contribution in [2.45, 2.75) is 32.1 Å². The molecule has 0 aliphatic carbocycles. The lowest BCUT2D eigenvalue weighted by Gasteiger charge is -2.31. The van der Waals surface area contributed by atoms with Gasteiger partial charge in [0.1, 0.15) is 0 Å². The Bertz CT molecular complexity index is 541. The van der Waals surface area contributed by atoms with Crippen molar-refractivity contribution in [3.8, 4) is 0 Å². The Morgan fingerprint density at radius 1 is 0.909 bits per heavy atom. The first-order chi connectivity index (χ1) is 10.8. The number of nitrogens with one attached hydrogen (secondary N) is 1. The van der Waals surface area contributed by atoms with Crippen molar-refractivity contribution in [2.24, 2.45) is 5.92 Å². The summed E-state index contributed by atoms with van der Waals surface area (Å²) in [6.45, 7) is 6.34. The molecule has 1 aliphatic rings. The van der Waals surface area contributed by atoms with E-state index in [1.807, 2.05) is 0 Å². The van der Waals surface area contributed by atoms with E-state index in [-0.39, 0.29) is 0 Å². The number of hydrogen-bond donors (Lipinski definition) is 1. The zero-order valence-corrected chi connectivity index (χ0v) is 13.7. The summed E-state index contributed by atoms with van der Waals surface area (Å²) in [5.41, 5.74) is 3.00. The maximum Gasteiger partial charge on any atom is 0.0837 e. The molecular weight excluding hydrogens is 266 g/mol. The number of piperidine rings is 1. The van der Waals surface area contributed by atoms with E-state index in [2.05, 4.69) is 67.6 Å². The molecule has 0 bridgehead atoms. The van der Waals surface area contributed by atoms with Crippen LogP contribution in [0.5, 0.6) is 0 Å². The van der Waals surface area contributed by atoms with Crippen LogP contribution in [0.1, 0.15) is 36.8 Å². The van der Waals surface area contributed by atoms with E-state index in [4.69, 9.17) is 0 Å². The lowest BCUT2D eigenvalue weighted by molar-refractivity contribution is -0.907. The zero-order chi connectivity index (χ0) is 15.2. The number of quaternary nitrogens is 1. The smallest absolute Gasteiger partial charge is 0.0837 e. The monoisotopic (exact) mass is 294 g/mol. The molecule has 1 aliphatic heterocycles. The Morgan fingerprint density at radius 2 is 1.50 bits per heavy atom. The average molecular weight is 294 g/mol. The molecule has 0 amide bonds. The first-order valence-electron chi connectivity index (χ1n) is 8.73. The molecule has 1 N–H and O–H groups in total. The van der Waals surface area contributed by atoms with Gasteiger partial charge < -0.3 is 4.90 Å². The summed E-state index contributed by atoms with van der Waals surface area (Å²) in [6.07, 6.45) is 4.03. The molecule has 116 valence electrons. The minimum atomic E-state index is 0.668. The van der Waals surface area contributed by atoms with Crippen molar-refractivity contribution < 1.29 is 4.90 Å². The van der Waals surface area contributed by atoms with Gasteiger partial charge in [0.05, 0.1) is 19.6 Å². The molecule has 1 fully saturated rings. The van der Waals surface area contributed by atoms with Gasteiger partial charge in [-0.1, -0.05) is 67.6 Å². The molecule has 1 atom stereocenters. The molecular formula is C21H28N+. The third-order valence-electron chi connectivity index (χ3n) is 5.14.